The molecule has 2 aromatic rings. The lowest BCUT2D eigenvalue weighted by molar-refractivity contribution is -0.384. The minimum atomic E-state index is -0.815. The summed E-state index contributed by atoms with van der Waals surface area (Å²) in [6.07, 6.45) is 0.977. The molecule has 0 bridgehead atoms. The van der Waals surface area contributed by atoms with Crippen molar-refractivity contribution >= 4 is 69.0 Å². The molecule has 3 rings (SSSR count). The van der Waals surface area contributed by atoms with Gasteiger partial charge in [-0.2, -0.15) is 0 Å². The fraction of sp³-hybridized carbons (Fsp3) is 0.280. The predicted octanol–water partition coefficient (Wildman–Crippen LogP) is 4.36. The first kappa shape index (κ1) is 30.2. The van der Waals surface area contributed by atoms with E-state index < -0.39 is 28.8 Å². The maximum Gasteiger partial charge on any atom is 0.349 e. The Morgan fingerprint density at radius 2 is 1.62 bits per heavy atom. The van der Waals surface area contributed by atoms with E-state index in [0.29, 0.717) is 33.6 Å². The molecule has 0 saturated heterocycles. The molecule has 212 valence electrons. The van der Waals surface area contributed by atoms with E-state index in [0.717, 1.165) is 43.4 Å². The molecule has 15 heteroatoms. The van der Waals surface area contributed by atoms with Crippen LogP contribution in [0.5, 0.6) is 0 Å². The first-order valence-corrected chi connectivity index (χ1v) is 13.1. The van der Waals surface area contributed by atoms with Crippen LogP contribution in [0.15, 0.2) is 46.0 Å². The average Bonchev–Trinajstić information content (AvgIpc) is 3.35. The molecular formula is C25H25N3O10S2. The van der Waals surface area contributed by atoms with Crippen molar-refractivity contribution in [2.24, 2.45) is 0 Å². The summed E-state index contributed by atoms with van der Waals surface area (Å²) in [5.74, 6) is -3.16. The van der Waals surface area contributed by atoms with Crippen LogP contribution in [0.25, 0.3) is 0 Å². The molecular weight excluding hydrogens is 566 g/mol. The van der Waals surface area contributed by atoms with Gasteiger partial charge in [-0.15, -0.1) is 11.3 Å². The van der Waals surface area contributed by atoms with Crippen LogP contribution in [-0.2, 0) is 28.5 Å². The monoisotopic (exact) mass is 591 g/mol. The first-order chi connectivity index (χ1) is 19.0. The normalized spacial score (nSPS) is 13.0. The zero-order valence-electron chi connectivity index (χ0n) is 22.3. The van der Waals surface area contributed by atoms with E-state index in [1.807, 2.05) is 6.92 Å². The molecule has 0 unspecified atom stereocenters. The minimum Gasteiger partial charge on any atom is -0.466 e. The van der Waals surface area contributed by atoms with Crippen molar-refractivity contribution in [2.75, 3.05) is 44.8 Å². The lowest BCUT2D eigenvalue weighted by Crippen LogP contribution is -2.33. The van der Waals surface area contributed by atoms with Crippen molar-refractivity contribution in [3.63, 3.8) is 0 Å². The molecule has 0 aliphatic carbocycles. The van der Waals surface area contributed by atoms with Crippen molar-refractivity contribution in [2.45, 2.75) is 13.8 Å². The molecule has 0 atom stereocenters. The second kappa shape index (κ2) is 12.7. The minimum absolute atomic E-state index is 0.0233. The summed E-state index contributed by atoms with van der Waals surface area (Å²) in [6, 6.07) is 5.55. The van der Waals surface area contributed by atoms with Gasteiger partial charge < -0.3 is 23.8 Å². The topological polar surface area (TPSA) is 155 Å². The third-order valence-corrected chi connectivity index (χ3v) is 8.01. The molecule has 40 heavy (non-hydrogen) atoms. The van der Waals surface area contributed by atoms with Crippen LogP contribution < -0.4 is 9.80 Å². The van der Waals surface area contributed by atoms with Crippen molar-refractivity contribution in [3.05, 3.63) is 66.5 Å². The number of non-ortho nitro benzene ring substituents is 1. The number of rotatable bonds is 9. The number of hydrogen-bond donors (Lipinski definition) is 0. The number of methoxy groups -OCH3 is 4. The summed E-state index contributed by atoms with van der Waals surface area (Å²) in [6.45, 7) is 3.86. The molecule has 2 heterocycles. The number of hydrogen-bond acceptors (Lipinski definition) is 14. The lowest BCUT2D eigenvalue weighted by atomic mass is 10.1. The van der Waals surface area contributed by atoms with E-state index in [2.05, 4.69) is 0 Å². The van der Waals surface area contributed by atoms with Gasteiger partial charge in [-0.1, -0.05) is 11.8 Å². The summed E-state index contributed by atoms with van der Waals surface area (Å²) in [7, 11) is 4.68. The number of nitrogens with zero attached hydrogens (tertiary/aromatic N) is 3. The molecule has 0 radical (unpaired) electrons. The van der Waals surface area contributed by atoms with Gasteiger partial charge in [0, 0.05) is 36.1 Å². The highest BCUT2D eigenvalue weighted by atomic mass is 32.2. The van der Waals surface area contributed by atoms with Gasteiger partial charge in [0.25, 0.3) is 5.69 Å². The standard InChI is InChI=1S/C25H25N3O10S2/c1-7-26-13(2)21(39-16(23(30)36-4)12-17(29)35-3)27(14-8-10-15(11-9-14)28(33)34)22-19(26)18(24(31)37-5)20(40-22)25(32)38-6/h8-12H,7H2,1-6H3/b16-12+. The second-order valence-electron chi connectivity index (χ2n) is 7.81. The van der Waals surface area contributed by atoms with Crippen LogP contribution in [0.4, 0.5) is 22.1 Å². The van der Waals surface area contributed by atoms with E-state index in [9.17, 15) is 29.3 Å². The number of anilines is 3. The maximum atomic E-state index is 13.0. The largest absolute Gasteiger partial charge is 0.466 e. The Bertz CT molecular complexity index is 1430. The Labute approximate surface area is 237 Å². The van der Waals surface area contributed by atoms with Gasteiger partial charge in [0.1, 0.15) is 25.4 Å². The smallest absolute Gasteiger partial charge is 0.349 e. The number of esters is 4. The number of ether oxygens (including phenoxy) is 4. The molecule has 0 fully saturated rings. The van der Waals surface area contributed by atoms with Crippen LogP contribution >= 0.6 is 23.1 Å². The fourth-order valence-electron chi connectivity index (χ4n) is 3.85. The highest BCUT2D eigenvalue weighted by Crippen LogP contribution is 2.55. The Morgan fingerprint density at radius 1 is 1.00 bits per heavy atom. The average molecular weight is 592 g/mol. The number of carbonyl (C=O) groups is 4. The van der Waals surface area contributed by atoms with E-state index in [4.69, 9.17) is 18.9 Å². The highest BCUT2D eigenvalue weighted by molar-refractivity contribution is 8.07. The van der Waals surface area contributed by atoms with E-state index >= 15 is 0 Å². The molecule has 0 amide bonds. The summed E-state index contributed by atoms with van der Waals surface area (Å²) in [5.41, 5.74) is 1.09. The number of nitro groups is 1. The Hall–Kier alpha value is -4.37. The van der Waals surface area contributed by atoms with Crippen LogP contribution in [0.3, 0.4) is 0 Å². The van der Waals surface area contributed by atoms with E-state index in [1.54, 1.807) is 16.7 Å². The summed E-state index contributed by atoms with van der Waals surface area (Å²) < 4.78 is 19.5. The predicted molar refractivity (Wildman–Crippen MR) is 148 cm³/mol. The van der Waals surface area contributed by atoms with Crippen molar-refractivity contribution in [1.29, 1.82) is 0 Å². The van der Waals surface area contributed by atoms with Crippen molar-refractivity contribution in [1.82, 2.24) is 0 Å². The van der Waals surface area contributed by atoms with Crippen LogP contribution in [-0.4, -0.2) is 63.8 Å². The zero-order valence-corrected chi connectivity index (χ0v) is 24.0. The van der Waals surface area contributed by atoms with Gasteiger partial charge in [-0.25, -0.2) is 19.2 Å². The van der Waals surface area contributed by atoms with Crippen molar-refractivity contribution < 1.29 is 43.0 Å². The molecule has 0 spiro atoms. The van der Waals surface area contributed by atoms with Crippen molar-refractivity contribution in [3.8, 4) is 0 Å². The van der Waals surface area contributed by atoms with Gasteiger partial charge >= 0.3 is 23.9 Å². The molecule has 1 aromatic heterocycles. The summed E-state index contributed by atoms with van der Waals surface area (Å²) >= 11 is 1.82. The van der Waals surface area contributed by atoms with Gasteiger partial charge in [-0.05, 0) is 26.0 Å². The molecule has 1 aliphatic heterocycles. The van der Waals surface area contributed by atoms with Crippen LogP contribution in [0, 0.1) is 10.1 Å². The molecule has 1 aliphatic rings. The first-order valence-electron chi connectivity index (χ1n) is 11.5. The van der Waals surface area contributed by atoms with E-state index in [1.165, 1.54) is 38.5 Å². The SMILES string of the molecule is CCN1C(C)=C(S/C(=C/C(=O)OC)C(=O)OC)N(c2ccc([N+](=O)[O-])cc2)c2sc(C(=O)OC)c(C(=O)OC)c21. The molecule has 13 nitrogen and oxygen atoms in total. The van der Waals surface area contributed by atoms with Gasteiger partial charge in [0.2, 0.25) is 0 Å². The summed E-state index contributed by atoms with van der Waals surface area (Å²) in [5, 5.41) is 12.1. The van der Waals surface area contributed by atoms with Gasteiger partial charge in [0.15, 0.2) is 0 Å². The molecule has 0 saturated carbocycles. The third-order valence-electron chi connectivity index (χ3n) is 5.69. The number of benzene rings is 1. The molecule has 0 N–H and O–H groups in total. The fourth-order valence-corrected chi connectivity index (χ4v) is 6.22. The number of thioether (sulfide) groups is 1. The van der Waals surface area contributed by atoms with Gasteiger partial charge in [-0.3, -0.25) is 15.0 Å². The quantitative estimate of drug-likeness (QED) is 0.133. The number of fused-ring (bicyclic) bond motifs is 1. The summed E-state index contributed by atoms with van der Waals surface area (Å²) in [4.78, 5) is 64.5. The van der Waals surface area contributed by atoms with Crippen LogP contribution in [0.1, 0.15) is 33.9 Å². The van der Waals surface area contributed by atoms with Crippen LogP contribution in [0.2, 0.25) is 0 Å². The lowest BCUT2D eigenvalue weighted by Gasteiger charge is -2.38. The Balaban J connectivity index is 2.39. The number of allylic oxidation sites excluding steroid dienone is 1. The number of thiophene rings is 1. The Morgan fingerprint density at radius 3 is 2.12 bits per heavy atom. The number of nitro benzene ring substituents is 1. The van der Waals surface area contributed by atoms with Gasteiger partial charge in [0.05, 0.1) is 39.0 Å². The third kappa shape index (κ3) is 5.65. The second-order valence-corrected chi connectivity index (χ2v) is 9.84. The molecule has 1 aromatic carbocycles. The number of carbonyl (C=O) groups excluding carboxylic acids is 4. The zero-order chi connectivity index (χ0) is 29.7. The highest BCUT2D eigenvalue weighted by Gasteiger charge is 2.40. The Kier molecular flexibility index (Phi) is 9.55. The maximum absolute atomic E-state index is 13.0. The van der Waals surface area contributed by atoms with E-state index in [-0.39, 0.29) is 21.0 Å².